The molecule has 88 valence electrons. The van der Waals surface area contributed by atoms with E-state index in [-0.39, 0.29) is 11.9 Å². The Balaban J connectivity index is 1.89. The molecule has 1 rings (SSSR count). The molecule has 0 saturated heterocycles. The zero-order valence-electron chi connectivity index (χ0n) is 9.28. The summed E-state index contributed by atoms with van der Waals surface area (Å²) in [5.41, 5.74) is 5.38. The second-order valence-corrected chi connectivity index (χ2v) is 4.17. The minimum atomic E-state index is 0.213. The summed E-state index contributed by atoms with van der Waals surface area (Å²) in [6, 6.07) is 0.213. The Bertz CT molecular complexity index is 205. The number of oxime groups is 1. The fourth-order valence-electron chi connectivity index (χ4n) is 1.34. The van der Waals surface area contributed by atoms with Crippen molar-refractivity contribution in [3.8, 4) is 0 Å². The van der Waals surface area contributed by atoms with Crippen LogP contribution in [0.4, 0.5) is 0 Å². The molecule has 0 amide bonds. The van der Waals surface area contributed by atoms with Crippen LogP contribution < -0.4 is 11.1 Å². The van der Waals surface area contributed by atoms with Crippen LogP contribution in [-0.4, -0.2) is 36.8 Å². The van der Waals surface area contributed by atoms with Gasteiger partial charge < -0.3 is 21.0 Å². The Labute approximate surface area is 90.7 Å². The predicted molar refractivity (Wildman–Crippen MR) is 59.0 cm³/mol. The van der Waals surface area contributed by atoms with Gasteiger partial charge in [0.05, 0.1) is 6.61 Å². The average molecular weight is 215 g/mol. The number of hydrogen-bond donors (Lipinski definition) is 3. The molecule has 0 aliphatic heterocycles. The number of nitrogens with two attached hydrogens (primary N) is 1. The summed E-state index contributed by atoms with van der Waals surface area (Å²) in [5, 5.41) is 14.5. The molecule has 0 aromatic carbocycles. The van der Waals surface area contributed by atoms with Crippen LogP contribution in [0.25, 0.3) is 0 Å². The number of nitrogens with one attached hydrogen (secondary N) is 1. The first-order chi connectivity index (χ1) is 7.22. The Kier molecular flexibility index (Phi) is 5.42. The lowest BCUT2D eigenvalue weighted by atomic mass is 10.2. The minimum absolute atomic E-state index is 0.213. The lowest BCUT2D eigenvalue weighted by Gasteiger charge is -2.12. The van der Waals surface area contributed by atoms with Gasteiger partial charge in [0.2, 0.25) is 0 Å². The van der Waals surface area contributed by atoms with Gasteiger partial charge in [-0.25, -0.2) is 0 Å². The normalized spacial score (nSPS) is 19.1. The van der Waals surface area contributed by atoms with Gasteiger partial charge in [0.15, 0.2) is 0 Å². The first-order valence-electron chi connectivity index (χ1n) is 5.50. The lowest BCUT2D eigenvalue weighted by Crippen LogP contribution is -2.33. The minimum Gasteiger partial charge on any atom is -0.409 e. The van der Waals surface area contributed by atoms with Crippen LogP contribution in [0, 0.1) is 5.92 Å². The molecule has 1 fully saturated rings. The summed E-state index contributed by atoms with van der Waals surface area (Å²) < 4.78 is 5.47. The molecule has 0 spiro atoms. The molecular formula is C10H21N3O2. The lowest BCUT2D eigenvalue weighted by molar-refractivity contribution is 0.124. The van der Waals surface area contributed by atoms with Crippen LogP contribution in [0.1, 0.15) is 26.2 Å². The van der Waals surface area contributed by atoms with E-state index < -0.39 is 0 Å². The first-order valence-corrected chi connectivity index (χ1v) is 5.50. The highest BCUT2D eigenvalue weighted by Crippen LogP contribution is 2.28. The molecule has 4 N–H and O–H groups in total. The maximum atomic E-state index is 8.37. The van der Waals surface area contributed by atoms with Gasteiger partial charge in [0.1, 0.15) is 5.84 Å². The number of hydrogen-bond acceptors (Lipinski definition) is 4. The molecule has 15 heavy (non-hydrogen) atoms. The molecule has 1 saturated carbocycles. The molecule has 0 aromatic rings. The van der Waals surface area contributed by atoms with Gasteiger partial charge in [-0.05, 0) is 25.7 Å². The van der Waals surface area contributed by atoms with Crippen LogP contribution in [-0.2, 0) is 4.74 Å². The van der Waals surface area contributed by atoms with E-state index in [0.29, 0.717) is 6.42 Å². The van der Waals surface area contributed by atoms with Gasteiger partial charge >= 0.3 is 0 Å². The quantitative estimate of drug-likeness (QED) is 0.181. The van der Waals surface area contributed by atoms with E-state index >= 15 is 0 Å². The van der Waals surface area contributed by atoms with Crippen molar-refractivity contribution in [2.45, 2.75) is 32.2 Å². The van der Waals surface area contributed by atoms with Crippen molar-refractivity contribution in [2.24, 2.45) is 16.8 Å². The fraction of sp³-hybridized carbons (Fsp3) is 0.900. The molecule has 0 radical (unpaired) electrons. The van der Waals surface area contributed by atoms with E-state index in [9.17, 15) is 0 Å². The summed E-state index contributed by atoms with van der Waals surface area (Å²) in [6.07, 6.45) is 3.21. The molecule has 1 aliphatic rings. The summed E-state index contributed by atoms with van der Waals surface area (Å²) in [4.78, 5) is 0. The predicted octanol–water partition coefficient (Wildman–Crippen LogP) is 0.528. The van der Waals surface area contributed by atoms with Crippen LogP contribution in [0.5, 0.6) is 0 Å². The summed E-state index contributed by atoms with van der Waals surface area (Å²) in [5.74, 6) is 1.08. The molecule has 5 nitrogen and oxygen atoms in total. The van der Waals surface area contributed by atoms with Crippen molar-refractivity contribution in [1.82, 2.24) is 5.32 Å². The van der Waals surface area contributed by atoms with Gasteiger partial charge in [-0.15, -0.1) is 0 Å². The van der Waals surface area contributed by atoms with Crippen molar-refractivity contribution < 1.29 is 9.94 Å². The summed E-state index contributed by atoms with van der Waals surface area (Å²) >= 11 is 0. The Morgan fingerprint density at radius 1 is 1.67 bits per heavy atom. The number of rotatable bonds is 8. The zero-order valence-corrected chi connectivity index (χ0v) is 9.28. The maximum absolute atomic E-state index is 8.37. The van der Waals surface area contributed by atoms with Gasteiger partial charge in [0, 0.05) is 25.6 Å². The highest BCUT2D eigenvalue weighted by molar-refractivity contribution is 5.80. The van der Waals surface area contributed by atoms with Gasteiger partial charge in [-0.1, -0.05) is 5.16 Å². The third-order valence-corrected chi connectivity index (χ3v) is 2.43. The van der Waals surface area contributed by atoms with Gasteiger partial charge in [-0.3, -0.25) is 0 Å². The maximum Gasteiger partial charge on any atom is 0.140 e. The van der Waals surface area contributed by atoms with E-state index in [1.54, 1.807) is 0 Å². The van der Waals surface area contributed by atoms with Crippen molar-refractivity contribution in [2.75, 3.05) is 19.8 Å². The van der Waals surface area contributed by atoms with E-state index in [2.05, 4.69) is 10.5 Å². The molecule has 1 aliphatic carbocycles. The van der Waals surface area contributed by atoms with E-state index in [0.717, 1.165) is 25.7 Å². The highest BCUT2D eigenvalue weighted by Gasteiger charge is 2.20. The smallest absolute Gasteiger partial charge is 0.140 e. The van der Waals surface area contributed by atoms with Crippen LogP contribution in [0.2, 0.25) is 0 Å². The van der Waals surface area contributed by atoms with Gasteiger partial charge in [-0.2, -0.15) is 0 Å². The molecule has 1 unspecified atom stereocenters. The number of nitrogens with zero attached hydrogens (tertiary/aromatic N) is 1. The van der Waals surface area contributed by atoms with E-state index in [1.807, 2.05) is 6.92 Å². The molecule has 0 aromatic heterocycles. The Morgan fingerprint density at radius 2 is 2.40 bits per heavy atom. The number of ether oxygens (including phenoxy) is 1. The van der Waals surface area contributed by atoms with Crippen molar-refractivity contribution >= 4 is 5.84 Å². The Morgan fingerprint density at radius 3 is 3.00 bits per heavy atom. The number of amidine groups is 1. The third kappa shape index (κ3) is 6.30. The third-order valence-electron chi connectivity index (χ3n) is 2.43. The van der Waals surface area contributed by atoms with Crippen molar-refractivity contribution in [1.29, 1.82) is 0 Å². The largest absolute Gasteiger partial charge is 0.409 e. The monoisotopic (exact) mass is 215 g/mol. The van der Waals surface area contributed by atoms with Crippen LogP contribution in [0.3, 0.4) is 0 Å². The standard InChI is InChI=1S/C10H21N3O2/c1-8(6-10(11)13-14)12-4-5-15-7-9-2-3-9/h8-9,12,14H,2-7H2,1H3,(H2,11,13). The van der Waals surface area contributed by atoms with Crippen LogP contribution >= 0.6 is 0 Å². The first kappa shape index (κ1) is 12.3. The molecule has 1 atom stereocenters. The van der Waals surface area contributed by atoms with E-state index in [4.69, 9.17) is 15.7 Å². The van der Waals surface area contributed by atoms with Crippen LogP contribution in [0.15, 0.2) is 5.16 Å². The van der Waals surface area contributed by atoms with Crippen molar-refractivity contribution in [3.05, 3.63) is 0 Å². The summed E-state index contributed by atoms with van der Waals surface area (Å²) in [7, 11) is 0. The topological polar surface area (TPSA) is 79.9 Å². The van der Waals surface area contributed by atoms with E-state index in [1.165, 1.54) is 12.8 Å². The SMILES string of the molecule is CC(CC(N)=NO)NCCOCC1CC1. The molecular weight excluding hydrogens is 194 g/mol. The fourth-order valence-corrected chi connectivity index (χ4v) is 1.34. The molecule has 0 heterocycles. The molecule has 5 heteroatoms. The zero-order chi connectivity index (χ0) is 11.1. The Hall–Kier alpha value is -0.810. The second kappa shape index (κ2) is 6.63. The highest BCUT2D eigenvalue weighted by atomic mass is 16.5. The van der Waals surface area contributed by atoms with Crippen molar-refractivity contribution in [3.63, 3.8) is 0 Å². The second-order valence-electron chi connectivity index (χ2n) is 4.17. The van der Waals surface area contributed by atoms with Gasteiger partial charge in [0.25, 0.3) is 0 Å². The molecule has 0 bridgehead atoms. The summed E-state index contributed by atoms with van der Waals surface area (Å²) in [6.45, 7) is 4.44. The average Bonchev–Trinajstić information content (AvgIpc) is 3.01.